The zero-order valence-corrected chi connectivity index (χ0v) is 25.6. The molecule has 218 valence electrons. The number of rotatable bonds is 14. The molecule has 4 aromatic rings. The van der Waals surface area contributed by atoms with Crippen molar-refractivity contribution in [1.82, 2.24) is 0 Å². The maximum atomic E-state index is 6.86. The van der Waals surface area contributed by atoms with E-state index >= 15 is 0 Å². The average Bonchev–Trinajstić information content (AvgIpc) is 3.04. The molecule has 0 bridgehead atoms. The molecule has 6 heteroatoms. The van der Waals surface area contributed by atoms with Crippen LogP contribution in [0, 0.1) is 0 Å². The van der Waals surface area contributed by atoms with Crippen molar-refractivity contribution in [2.75, 3.05) is 6.61 Å². The van der Waals surface area contributed by atoms with Crippen LogP contribution >= 0.6 is 0 Å². The van der Waals surface area contributed by atoms with Gasteiger partial charge < -0.3 is 0 Å². The standard InChI is InChI=1S/C36H38O5Se/c1-2-23-38-35-34(40-26-30-19-11-5-12-20-30)33(39-25-29-17-9-4-10-18-29)32(27-37-24-28-15-7-3-8-16-28)41-36(35)42-31-21-13-6-14-22-31/h2-23,32-36H,24-27H2,1H3/t32-,33-,34+,35+,36-/m1/s1. The molecule has 42 heavy (non-hydrogen) atoms. The molecule has 1 fully saturated rings. The predicted molar refractivity (Wildman–Crippen MR) is 166 cm³/mol. The number of hydrogen-bond acceptors (Lipinski definition) is 5. The summed E-state index contributed by atoms with van der Waals surface area (Å²) in [5, 5.41) is -0.209. The fourth-order valence-electron chi connectivity index (χ4n) is 4.85. The van der Waals surface area contributed by atoms with E-state index in [1.807, 2.05) is 73.7 Å². The Hall–Kier alpha value is -3.22. The monoisotopic (exact) mass is 630 g/mol. The molecule has 1 aliphatic rings. The van der Waals surface area contributed by atoms with Crippen LogP contribution < -0.4 is 4.46 Å². The van der Waals surface area contributed by atoms with Crippen LogP contribution in [0.25, 0.3) is 0 Å². The molecule has 0 unspecified atom stereocenters. The average molecular weight is 630 g/mol. The molecule has 0 aromatic heterocycles. The van der Waals surface area contributed by atoms with Gasteiger partial charge in [0.1, 0.15) is 0 Å². The molecular formula is C36H38O5Se. The van der Waals surface area contributed by atoms with Gasteiger partial charge in [-0.2, -0.15) is 0 Å². The van der Waals surface area contributed by atoms with Gasteiger partial charge >= 0.3 is 256 Å². The molecule has 4 aromatic carbocycles. The quantitative estimate of drug-likeness (QED) is 0.126. The first-order valence-corrected chi connectivity index (χ1v) is 16.2. The van der Waals surface area contributed by atoms with Crippen LogP contribution in [0.15, 0.2) is 134 Å². The summed E-state index contributed by atoms with van der Waals surface area (Å²) in [5.41, 5.74) is 3.30. The van der Waals surface area contributed by atoms with Crippen LogP contribution in [0.3, 0.4) is 0 Å². The van der Waals surface area contributed by atoms with Crippen molar-refractivity contribution in [3.8, 4) is 0 Å². The zero-order valence-electron chi connectivity index (χ0n) is 23.9. The summed E-state index contributed by atoms with van der Waals surface area (Å²) < 4.78 is 34.1. The topological polar surface area (TPSA) is 46.2 Å². The van der Waals surface area contributed by atoms with Gasteiger partial charge in [-0.1, -0.05) is 0 Å². The van der Waals surface area contributed by atoms with Crippen LogP contribution in [0.1, 0.15) is 23.6 Å². The van der Waals surface area contributed by atoms with Crippen LogP contribution in [0.4, 0.5) is 0 Å². The zero-order chi connectivity index (χ0) is 28.8. The van der Waals surface area contributed by atoms with E-state index in [0.717, 1.165) is 16.7 Å². The first-order valence-electron chi connectivity index (χ1n) is 14.4. The second kappa shape index (κ2) is 16.4. The molecular weight excluding hydrogens is 591 g/mol. The molecule has 1 heterocycles. The van der Waals surface area contributed by atoms with E-state index in [4.69, 9.17) is 23.7 Å². The number of allylic oxidation sites excluding steroid dienone is 1. The van der Waals surface area contributed by atoms with Gasteiger partial charge in [0.15, 0.2) is 0 Å². The molecule has 0 aliphatic carbocycles. The summed E-state index contributed by atoms with van der Waals surface area (Å²) in [7, 11) is 0. The fraction of sp³-hybridized carbons (Fsp3) is 0.278. The van der Waals surface area contributed by atoms with Crippen molar-refractivity contribution in [2.45, 2.75) is 56.2 Å². The summed E-state index contributed by atoms with van der Waals surface area (Å²) >= 11 is -0.0378. The predicted octanol–water partition coefficient (Wildman–Crippen LogP) is 6.05. The molecule has 5 atom stereocenters. The van der Waals surface area contributed by atoms with Crippen LogP contribution in [0.5, 0.6) is 0 Å². The minimum absolute atomic E-state index is 0.0378. The van der Waals surface area contributed by atoms with Crippen molar-refractivity contribution >= 4 is 19.4 Å². The van der Waals surface area contributed by atoms with E-state index in [1.165, 1.54) is 4.46 Å². The molecule has 5 nitrogen and oxygen atoms in total. The third kappa shape index (κ3) is 8.89. The first kappa shape index (κ1) is 30.2. The molecule has 0 saturated carbocycles. The normalized spacial score (nSPS) is 22.3. The van der Waals surface area contributed by atoms with Crippen molar-refractivity contribution in [3.63, 3.8) is 0 Å². The van der Waals surface area contributed by atoms with Gasteiger partial charge in [-0.05, 0) is 0 Å². The van der Waals surface area contributed by atoms with E-state index in [0.29, 0.717) is 26.4 Å². The third-order valence-electron chi connectivity index (χ3n) is 6.92. The summed E-state index contributed by atoms with van der Waals surface area (Å²) in [6.45, 7) is 3.69. The SMILES string of the molecule is CC=CO[C@H]1[C@@H](OCc2ccccc2)[C@H](OCc2ccccc2)[C@@H](COCc2ccccc2)O[C@@H]1[Se]c1ccccc1. The second-order valence-corrected chi connectivity index (χ2v) is 12.5. The van der Waals surface area contributed by atoms with Crippen LogP contribution in [0.2, 0.25) is 0 Å². The van der Waals surface area contributed by atoms with Gasteiger partial charge in [-0.3, -0.25) is 0 Å². The van der Waals surface area contributed by atoms with Gasteiger partial charge in [0.05, 0.1) is 0 Å². The van der Waals surface area contributed by atoms with E-state index in [2.05, 4.69) is 60.7 Å². The molecule has 0 radical (unpaired) electrons. The van der Waals surface area contributed by atoms with Crippen molar-refractivity contribution in [2.24, 2.45) is 0 Å². The van der Waals surface area contributed by atoms with Crippen LogP contribution in [-0.4, -0.2) is 51.0 Å². The molecule has 1 aliphatic heterocycles. The molecule has 0 N–H and O–H groups in total. The fourth-order valence-corrected chi connectivity index (χ4v) is 7.23. The Morgan fingerprint density at radius 2 is 1.12 bits per heavy atom. The van der Waals surface area contributed by atoms with Gasteiger partial charge in [0.25, 0.3) is 0 Å². The molecule has 0 spiro atoms. The second-order valence-electron chi connectivity index (χ2n) is 10.1. The summed E-state index contributed by atoms with van der Waals surface area (Å²) in [6.07, 6.45) is 2.12. The third-order valence-corrected chi connectivity index (χ3v) is 9.35. The van der Waals surface area contributed by atoms with E-state index in [-0.39, 0.29) is 38.3 Å². The maximum absolute atomic E-state index is 6.86. The van der Waals surface area contributed by atoms with Gasteiger partial charge in [0, 0.05) is 0 Å². The van der Waals surface area contributed by atoms with E-state index < -0.39 is 6.10 Å². The molecule has 5 rings (SSSR count). The van der Waals surface area contributed by atoms with E-state index in [1.54, 1.807) is 6.26 Å². The number of benzene rings is 4. The van der Waals surface area contributed by atoms with Crippen molar-refractivity contribution < 1.29 is 23.7 Å². The Balaban J connectivity index is 1.43. The Bertz CT molecular complexity index is 1320. The Morgan fingerprint density at radius 1 is 0.619 bits per heavy atom. The van der Waals surface area contributed by atoms with E-state index in [9.17, 15) is 0 Å². The molecule has 0 amide bonds. The summed E-state index contributed by atoms with van der Waals surface area (Å²) in [4.78, 5) is 0. The minimum atomic E-state index is -0.414. The van der Waals surface area contributed by atoms with Gasteiger partial charge in [0.2, 0.25) is 0 Å². The van der Waals surface area contributed by atoms with Crippen molar-refractivity contribution in [1.29, 1.82) is 0 Å². The first-order chi connectivity index (χ1) is 20.8. The number of ether oxygens (including phenoxy) is 5. The van der Waals surface area contributed by atoms with Crippen molar-refractivity contribution in [3.05, 3.63) is 150 Å². The Morgan fingerprint density at radius 3 is 1.67 bits per heavy atom. The summed E-state index contributed by atoms with van der Waals surface area (Å²) in [6, 6.07) is 41.1. The van der Waals surface area contributed by atoms with Crippen LogP contribution in [-0.2, 0) is 43.5 Å². The summed E-state index contributed by atoms with van der Waals surface area (Å²) in [5.74, 6) is 0. The Kier molecular flexibility index (Phi) is 11.8. The van der Waals surface area contributed by atoms with Gasteiger partial charge in [-0.15, -0.1) is 0 Å². The Labute approximate surface area is 255 Å². The number of hydrogen-bond donors (Lipinski definition) is 0. The van der Waals surface area contributed by atoms with Gasteiger partial charge in [-0.25, -0.2) is 0 Å². The molecule has 1 saturated heterocycles.